The lowest BCUT2D eigenvalue weighted by Crippen LogP contribution is -2.39. The number of hydrogen-bond acceptors (Lipinski definition) is 3. The second-order valence-corrected chi connectivity index (χ2v) is 5.24. The number of hydrogen-bond donors (Lipinski definition) is 3. The number of likely N-dealkylation sites (tertiary alicyclic amines) is 1. The molecule has 0 radical (unpaired) electrons. The van der Waals surface area contributed by atoms with E-state index in [4.69, 9.17) is 5.11 Å². The van der Waals surface area contributed by atoms with Crippen molar-refractivity contribution in [3.63, 3.8) is 0 Å². The van der Waals surface area contributed by atoms with Crippen LogP contribution in [-0.4, -0.2) is 54.7 Å². The zero-order valence-electron chi connectivity index (χ0n) is 11.7. The molecule has 1 atom stereocenters. The minimum Gasteiger partial charge on any atom is -0.481 e. The van der Waals surface area contributed by atoms with E-state index in [2.05, 4.69) is 15.5 Å². The topological polar surface area (TPSA) is 81.7 Å². The highest BCUT2D eigenvalue weighted by Crippen LogP contribution is 2.06. The second-order valence-electron chi connectivity index (χ2n) is 5.24. The summed E-state index contributed by atoms with van der Waals surface area (Å²) in [6, 6.07) is -0.210. The van der Waals surface area contributed by atoms with Crippen LogP contribution in [0.4, 0.5) is 4.79 Å². The predicted octanol–water partition coefficient (Wildman–Crippen LogP) is 0.882. The summed E-state index contributed by atoms with van der Waals surface area (Å²) < 4.78 is 0. The van der Waals surface area contributed by atoms with Gasteiger partial charge >= 0.3 is 12.0 Å². The van der Waals surface area contributed by atoms with Gasteiger partial charge in [-0.15, -0.1) is 0 Å². The smallest absolute Gasteiger partial charge is 0.314 e. The van der Waals surface area contributed by atoms with Gasteiger partial charge in [0.25, 0.3) is 0 Å². The lowest BCUT2D eigenvalue weighted by molar-refractivity contribution is -0.137. The average Bonchev–Trinajstić information content (AvgIpc) is 2.84. The van der Waals surface area contributed by atoms with E-state index in [-0.39, 0.29) is 18.4 Å². The third-order valence-corrected chi connectivity index (χ3v) is 3.27. The zero-order chi connectivity index (χ0) is 14.1. The van der Waals surface area contributed by atoms with Gasteiger partial charge in [-0.05, 0) is 44.8 Å². The molecule has 1 rings (SSSR count). The number of rotatable bonds is 8. The Bertz CT molecular complexity index is 291. The van der Waals surface area contributed by atoms with Crippen LogP contribution in [0.2, 0.25) is 0 Å². The third kappa shape index (κ3) is 7.66. The van der Waals surface area contributed by atoms with Gasteiger partial charge in [-0.3, -0.25) is 4.79 Å². The van der Waals surface area contributed by atoms with Crippen molar-refractivity contribution in [1.29, 1.82) is 0 Å². The highest BCUT2D eigenvalue weighted by atomic mass is 16.4. The Labute approximate surface area is 114 Å². The second kappa shape index (κ2) is 8.74. The summed E-state index contributed by atoms with van der Waals surface area (Å²) in [7, 11) is 0. The largest absolute Gasteiger partial charge is 0.481 e. The van der Waals surface area contributed by atoms with Crippen LogP contribution in [0.1, 0.15) is 32.6 Å². The van der Waals surface area contributed by atoms with Gasteiger partial charge in [-0.25, -0.2) is 4.79 Å². The maximum Gasteiger partial charge on any atom is 0.314 e. The molecule has 19 heavy (non-hydrogen) atoms. The van der Waals surface area contributed by atoms with Gasteiger partial charge in [0.15, 0.2) is 0 Å². The molecule has 2 amide bonds. The van der Waals surface area contributed by atoms with Gasteiger partial charge < -0.3 is 20.6 Å². The molecular weight excluding hydrogens is 246 g/mol. The van der Waals surface area contributed by atoms with Crippen molar-refractivity contribution in [3.8, 4) is 0 Å². The summed E-state index contributed by atoms with van der Waals surface area (Å²) >= 11 is 0. The summed E-state index contributed by atoms with van der Waals surface area (Å²) in [6.45, 7) is 6.26. The predicted molar refractivity (Wildman–Crippen MR) is 73.1 cm³/mol. The maximum atomic E-state index is 11.4. The highest BCUT2D eigenvalue weighted by Gasteiger charge is 2.11. The molecule has 110 valence electrons. The van der Waals surface area contributed by atoms with E-state index in [9.17, 15) is 9.59 Å². The van der Waals surface area contributed by atoms with E-state index in [0.29, 0.717) is 13.1 Å². The lowest BCUT2D eigenvalue weighted by Gasteiger charge is -2.15. The molecule has 0 bridgehead atoms. The van der Waals surface area contributed by atoms with Crippen LogP contribution < -0.4 is 10.6 Å². The number of urea groups is 1. The van der Waals surface area contributed by atoms with E-state index in [1.54, 1.807) is 0 Å². The Morgan fingerprint density at radius 2 is 1.95 bits per heavy atom. The molecule has 6 heteroatoms. The molecule has 0 aromatic rings. The summed E-state index contributed by atoms with van der Waals surface area (Å²) in [5.41, 5.74) is 0. The van der Waals surface area contributed by atoms with Crippen molar-refractivity contribution >= 4 is 12.0 Å². The molecule has 0 saturated carbocycles. The fraction of sp³-hybridized carbons (Fsp3) is 0.846. The van der Waals surface area contributed by atoms with Gasteiger partial charge in [0.05, 0.1) is 0 Å². The number of aliphatic carboxylic acids is 1. The Morgan fingerprint density at radius 3 is 2.58 bits per heavy atom. The van der Waals surface area contributed by atoms with Crippen LogP contribution in [0.3, 0.4) is 0 Å². The molecule has 6 nitrogen and oxygen atoms in total. The number of nitrogens with zero attached hydrogens (tertiary/aromatic N) is 1. The highest BCUT2D eigenvalue weighted by molar-refractivity contribution is 5.73. The third-order valence-electron chi connectivity index (χ3n) is 3.27. The van der Waals surface area contributed by atoms with Crippen molar-refractivity contribution < 1.29 is 14.7 Å². The van der Waals surface area contributed by atoms with Gasteiger partial charge in [0.1, 0.15) is 0 Å². The first-order chi connectivity index (χ1) is 9.08. The molecular formula is C13H25N3O3. The molecule has 1 saturated heterocycles. The molecule has 1 heterocycles. The molecule has 0 aromatic heterocycles. The van der Waals surface area contributed by atoms with Crippen LogP contribution in [-0.2, 0) is 4.79 Å². The normalized spacial score (nSPS) is 17.1. The Balaban J connectivity index is 1.96. The average molecular weight is 271 g/mol. The summed E-state index contributed by atoms with van der Waals surface area (Å²) in [5, 5.41) is 14.1. The molecule has 0 aromatic carbocycles. The van der Waals surface area contributed by atoms with Crippen molar-refractivity contribution in [3.05, 3.63) is 0 Å². The number of carboxylic acids is 1. The van der Waals surface area contributed by atoms with Crippen LogP contribution in [0.25, 0.3) is 0 Å². The molecule has 0 spiro atoms. The fourth-order valence-corrected chi connectivity index (χ4v) is 2.21. The molecule has 3 N–H and O–H groups in total. The summed E-state index contributed by atoms with van der Waals surface area (Å²) in [5.74, 6) is -0.881. The SMILES string of the molecule is CC(CNC(=O)NCCCN1CCCC1)CC(=O)O. The van der Waals surface area contributed by atoms with Gasteiger partial charge in [-0.1, -0.05) is 6.92 Å². The first-order valence-corrected chi connectivity index (χ1v) is 7.04. The summed E-state index contributed by atoms with van der Waals surface area (Å²) in [4.78, 5) is 24.3. The van der Waals surface area contributed by atoms with E-state index >= 15 is 0 Å². The van der Waals surface area contributed by atoms with E-state index in [1.807, 2.05) is 6.92 Å². The van der Waals surface area contributed by atoms with Gasteiger partial charge in [-0.2, -0.15) is 0 Å². The quantitative estimate of drug-likeness (QED) is 0.572. The molecule has 1 unspecified atom stereocenters. The van der Waals surface area contributed by atoms with Crippen molar-refractivity contribution in [1.82, 2.24) is 15.5 Å². The number of amides is 2. The Kier molecular flexibility index (Phi) is 7.25. The van der Waals surface area contributed by atoms with E-state index in [1.165, 1.54) is 25.9 Å². The monoisotopic (exact) mass is 271 g/mol. The molecule has 1 aliphatic rings. The van der Waals surface area contributed by atoms with Crippen LogP contribution in [0.15, 0.2) is 0 Å². The molecule has 0 aliphatic carbocycles. The van der Waals surface area contributed by atoms with Crippen LogP contribution in [0.5, 0.6) is 0 Å². The molecule has 1 fully saturated rings. The first kappa shape index (κ1) is 15.8. The van der Waals surface area contributed by atoms with Crippen LogP contribution in [0, 0.1) is 5.92 Å². The van der Waals surface area contributed by atoms with Gasteiger partial charge in [0, 0.05) is 19.5 Å². The number of carboxylic acid groups (broad SMARTS) is 1. The van der Waals surface area contributed by atoms with Crippen LogP contribution >= 0.6 is 0 Å². The van der Waals surface area contributed by atoms with Crippen molar-refractivity contribution in [2.24, 2.45) is 5.92 Å². The standard InChI is InChI=1S/C13H25N3O3/c1-11(9-12(17)18)10-15-13(19)14-5-4-8-16-6-2-3-7-16/h11H,2-10H2,1H3,(H,17,18)(H2,14,15,19). The Hall–Kier alpha value is -1.30. The van der Waals surface area contributed by atoms with Gasteiger partial charge in [0.2, 0.25) is 0 Å². The number of nitrogens with one attached hydrogen (secondary N) is 2. The minimum atomic E-state index is -0.833. The van der Waals surface area contributed by atoms with E-state index < -0.39 is 5.97 Å². The van der Waals surface area contributed by atoms with E-state index in [0.717, 1.165) is 13.0 Å². The first-order valence-electron chi connectivity index (χ1n) is 7.04. The number of carbonyl (C=O) groups excluding carboxylic acids is 1. The van der Waals surface area contributed by atoms with Crippen molar-refractivity contribution in [2.75, 3.05) is 32.7 Å². The zero-order valence-corrected chi connectivity index (χ0v) is 11.7. The van der Waals surface area contributed by atoms with Crippen molar-refractivity contribution in [2.45, 2.75) is 32.6 Å². The maximum absolute atomic E-state index is 11.4. The number of carbonyl (C=O) groups is 2. The fourth-order valence-electron chi connectivity index (χ4n) is 2.21. The molecule has 1 aliphatic heterocycles. The minimum absolute atomic E-state index is 0.0483. The Morgan fingerprint density at radius 1 is 1.26 bits per heavy atom. The lowest BCUT2D eigenvalue weighted by atomic mass is 10.1. The summed E-state index contributed by atoms with van der Waals surface area (Å²) in [6.07, 6.45) is 3.61.